The van der Waals surface area contributed by atoms with E-state index in [0.29, 0.717) is 0 Å². The van der Waals surface area contributed by atoms with E-state index in [2.05, 4.69) is 22.9 Å². The van der Waals surface area contributed by atoms with Crippen LogP contribution in [0.15, 0.2) is 22.7 Å². The average Bonchev–Trinajstić information content (AvgIpc) is 2.62. The van der Waals surface area contributed by atoms with Crippen LogP contribution in [0.25, 0.3) is 0 Å². The van der Waals surface area contributed by atoms with Crippen LogP contribution in [-0.2, 0) is 0 Å². The maximum absolute atomic E-state index is 10.5. The molecule has 0 saturated heterocycles. The Bertz CT molecular complexity index is 488. The van der Waals surface area contributed by atoms with Gasteiger partial charge in [0.05, 0.1) is 6.10 Å². The van der Waals surface area contributed by atoms with Crippen molar-refractivity contribution >= 4 is 15.9 Å². The smallest absolute Gasteiger partial charge is 0.126 e. The van der Waals surface area contributed by atoms with Crippen molar-refractivity contribution in [1.29, 1.82) is 0 Å². The monoisotopic (exact) mass is 338 g/mol. The summed E-state index contributed by atoms with van der Waals surface area (Å²) >= 11 is 3.47. The molecule has 1 aliphatic carbocycles. The predicted octanol–water partition coefficient (Wildman–Crippen LogP) is 4.99. The zero-order valence-corrected chi connectivity index (χ0v) is 13.7. The number of hydrogen-bond acceptors (Lipinski definition) is 2. The lowest BCUT2D eigenvalue weighted by Crippen LogP contribution is -2.40. The van der Waals surface area contributed by atoms with Gasteiger partial charge in [0, 0.05) is 16.5 Å². The van der Waals surface area contributed by atoms with E-state index in [1.165, 1.54) is 25.7 Å². The Labute approximate surface area is 129 Å². The highest BCUT2D eigenvalue weighted by molar-refractivity contribution is 9.10. The SMILES string of the molecule is CCC1CCCC2(CC1)C[C@H](O)c1cc(Br)ccc1O2. The van der Waals surface area contributed by atoms with Crippen molar-refractivity contribution in [1.82, 2.24) is 0 Å². The molecule has 0 radical (unpaired) electrons. The normalized spacial score (nSPS) is 33.4. The molecule has 1 spiro atoms. The maximum atomic E-state index is 10.5. The second-order valence-electron chi connectivity index (χ2n) is 6.39. The van der Waals surface area contributed by atoms with Gasteiger partial charge in [0.15, 0.2) is 0 Å². The van der Waals surface area contributed by atoms with Crippen molar-refractivity contribution in [2.45, 2.75) is 63.6 Å². The summed E-state index contributed by atoms with van der Waals surface area (Å²) in [6.45, 7) is 2.28. The Hall–Kier alpha value is -0.540. The van der Waals surface area contributed by atoms with Crippen LogP contribution < -0.4 is 4.74 Å². The number of fused-ring (bicyclic) bond motifs is 1. The minimum absolute atomic E-state index is 0.135. The van der Waals surface area contributed by atoms with Crippen LogP contribution in [0.2, 0.25) is 0 Å². The van der Waals surface area contributed by atoms with Gasteiger partial charge in [-0.2, -0.15) is 0 Å². The average molecular weight is 339 g/mol. The van der Waals surface area contributed by atoms with Crippen LogP contribution in [0.5, 0.6) is 5.75 Å². The molecule has 3 atom stereocenters. The molecule has 2 aliphatic rings. The molecule has 0 bridgehead atoms. The highest BCUT2D eigenvalue weighted by Crippen LogP contribution is 2.47. The lowest BCUT2D eigenvalue weighted by molar-refractivity contribution is -0.0251. The third-order valence-corrected chi connectivity index (χ3v) is 5.55. The van der Waals surface area contributed by atoms with Crippen molar-refractivity contribution in [3.8, 4) is 5.75 Å². The summed E-state index contributed by atoms with van der Waals surface area (Å²) in [5.41, 5.74) is 0.797. The largest absolute Gasteiger partial charge is 0.487 e. The number of aliphatic hydroxyl groups excluding tert-OH is 1. The van der Waals surface area contributed by atoms with Crippen molar-refractivity contribution in [2.24, 2.45) is 5.92 Å². The number of ether oxygens (including phenoxy) is 1. The van der Waals surface area contributed by atoms with Crippen molar-refractivity contribution in [2.75, 3.05) is 0 Å². The molecule has 2 unspecified atom stereocenters. The summed E-state index contributed by atoms with van der Waals surface area (Å²) in [4.78, 5) is 0. The third-order valence-electron chi connectivity index (χ3n) is 5.05. The molecule has 1 aromatic carbocycles. The third kappa shape index (κ3) is 2.75. The number of hydrogen-bond donors (Lipinski definition) is 1. The minimum Gasteiger partial charge on any atom is -0.487 e. The van der Waals surface area contributed by atoms with Crippen LogP contribution >= 0.6 is 15.9 Å². The molecule has 3 heteroatoms. The fourth-order valence-corrected chi connectivity index (χ4v) is 4.15. The van der Waals surface area contributed by atoms with Crippen LogP contribution in [-0.4, -0.2) is 10.7 Å². The van der Waals surface area contributed by atoms with Crippen LogP contribution in [0, 0.1) is 5.92 Å². The quantitative estimate of drug-likeness (QED) is 0.781. The van der Waals surface area contributed by atoms with Crippen molar-refractivity contribution in [3.63, 3.8) is 0 Å². The summed E-state index contributed by atoms with van der Waals surface area (Å²) in [6, 6.07) is 5.97. The zero-order chi connectivity index (χ0) is 14.2. The highest BCUT2D eigenvalue weighted by Gasteiger charge is 2.41. The van der Waals surface area contributed by atoms with Gasteiger partial charge in [-0.3, -0.25) is 0 Å². The second kappa shape index (κ2) is 5.69. The zero-order valence-electron chi connectivity index (χ0n) is 12.1. The molecule has 1 N–H and O–H groups in total. The fourth-order valence-electron chi connectivity index (χ4n) is 3.77. The van der Waals surface area contributed by atoms with Crippen LogP contribution in [0.1, 0.15) is 63.5 Å². The summed E-state index contributed by atoms with van der Waals surface area (Å²) < 4.78 is 7.38. The summed E-state index contributed by atoms with van der Waals surface area (Å²) in [7, 11) is 0. The Kier molecular flexibility index (Phi) is 4.09. The molecule has 1 saturated carbocycles. The van der Waals surface area contributed by atoms with Crippen molar-refractivity contribution < 1.29 is 9.84 Å². The van der Waals surface area contributed by atoms with Gasteiger partial charge in [0.1, 0.15) is 11.4 Å². The van der Waals surface area contributed by atoms with E-state index in [1.807, 2.05) is 18.2 Å². The molecule has 20 heavy (non-hydrogen) atoms. The van der Waals surface area contributed by atoms with Gasteiger partial charge < -0.3 is 9.84 Å². The number of rotatable bonds is 1. The maximum Gasteiger partial charge on any atom is 0.126 e. The predicted molar refractivity (Wildman–Crippen MR) is 83.9 cm³/mol. The van der Waals surface area contributed by atoms with E-state index in [9.17, 15) is 5.11 Å². The summed E-state index contributed by atoms with van der Waals surface area (Å²) in [6.07, 6.45) is 7.54. The summed E-state index contributed by atoms with van der Waals surface area (Å²) in [5.74, 6) is 1.71. The van der Waals surface area contributed by atoms with Gasteiger partial charge in [-0.1, -0.05) is 35.7 Å². The standard InChI is InChI=1S/C17H23BrO2/c1-2-12-4-3-8-17(9-7-12)11-15(19)14-10-13(18)5-6-16(14)20-17/h5-6,10,12,15,19H,2-4,7-9,11H2,1H3/t12?,15-,17?/m0/s1. The van der Waals surface area contributed by atoms with E-state index in [1.54, 1.807) is 0 Å². The molecule has 1 aromatic rings. The van der Waals surface area contributed by atoms with Crippen molar-refractivity contribution in [3.05, 3.63) is 28.2 Å². The second-order valence-corrected chi connectivity index (χ2v) is 7.31. The highest BCUT2D eigenvalue weighted by atomic mass is 79.9. The molecule has 1 heterocycles. The molecule has 0 aromatic heterocycles. The first-order valence-electron chi connectivity index (χ1n) is 7.78. The van der Waals surface area contributed by atoms with Gasteiger partial charge in [0.25, 0.3) is 0 Å². The van der Waals surface area contributed by atoms with Crippen LogP contribution in [0.4, 0.5) is 0 Å². The van der Waals surface area contributed by atoms with E-state index < -0.39 is 6.10 Å². The number of aliphatic hydroxyl groups is 1. The molecule has 110 valence electrons. The van der Waals surface area contributed by atoms with Gasteiger partial charge in [-0.25, -0.2) is 0 Å². The summed E-state index contributed by atoms with van der Waals surface area (Å²) in [5, 5.41) is 10.5. The Morgan fingerprint density at radius 2 is 2.20 bits per heavy atom. The lowest BCUT2D eigenvalue weighted by atomic mass is 9.83. The first-order valence-corrected chi connectivity index (χ1v) is 8.58. The van der Waals surface area contributed by atoms with E-state index in [-0.39, 0.29) is 5.60 Å². The van der Waals surface area contributed by atoms with Gasteiger partial charge >= 0.3 is 0 Å². The number of halogens is 1. The molecule has 1 aliphatic heterocycles. The first-order chi connectivity index (χ1) is 9.62. The van der Waals surface area contributed by atoms with Crippen LogP contribution in [0.3, 0.4) is 0 Å². The Morgan fingerprint density at radius 1 is 1.35 bits per heavy atom. The minimum atomic E-state index is -0.394. The molecular weight excluding hydrogens is 316 g/mol. The molecule has 0 amide bonds. The van der Waals surface area contributed by atoms with E-state index in [0.717, 1.165) is 41.0 Å². The molecule has 2 nitrogen and oxygen atoms in total. The number of benzene rings is 1. The lowest BCUT2D eigenvalue weighted by Gasteiger charge is -2.40. The van der Waals surface area contributed by atoms with Gasteiger partial charge in [-0.05, 0) is 49.8 Å². The Morgan fingerprint density at radius 3 is 3.00 bits per heavy atom. The fraction of sp³-hybridized carbons (Fsp3) is 0.647. The molecule has 3 rings (SSSR count). The molecular formula is C17H23BrO2. The van der Waals surface area contributed by atoms with E-state index >= 15 is 0 Å². The molecule has 1 fully saturated rings. The Balaban J connectivity index is 1.85. The van der Waals surface area contributed by atoms with E-state index in [4.69, 9.17) is 4.74 Å². The topological polar surface area (TPSA) is 29.5 Å². The van der Waals surface area contributed by atoms with Gasteiger partial charge in [0.2, 0.25) is 0 Å². The van der Waals surface area contributed by atoms with Gasteiger partial charge in [-0.15, -0.1) is 0 Å². The first kappa shape index (κ1) is 14.4.